The SMILES string of the molecule is C#CCOCC(O)CN(CCC)Cc1ccc(F)cc1F. The number of halogens is 2. The lowest BCUT2D eigenvalue weighted by atomic mass is 10.2. The second-order valence-corrected chi connectivity index (χ2v) is 4.84. The third-order valence-corrected chi connectivity index (χ3v) is 2.91. The van der Waals surface area contributed by atoms with Crippen molar-refractivity contribution in [3.63, 3.8) is 0 Å². The van der Waals surface area contributed by atoms with Crippen LogP contribution in [0.4, 0.5) is 8.78 Å². The van der Waals surface area contributed by atoms with Gasteiger partial charge in [0.15, 0.2) is 0 Å². The van der Waals surface area contributed by atoms with Crippen LogP contribution in [-0.2, 0) is 11.3 Å². The summed E-state index contributed by atoms with van der Waals surface area (Å²) in [6, 6.07) is 3.52. The average molecular weight is 297 g/mol. The maximum Gasteiger partial charge on any atom is 0.130 e. The number of rotatable bonds is 9. The van der Waals surface area contributed by atoms with Crippen molar-refractivity contribution in [3.05, 3.63) is 35.4 Å². The number of nitrogens with zero attached hydrogens (tertiary/aromatic N) is 1. The van der Waals surface area contributed by atoms with Gasteiger partial charge in [0.1, 0.15) is 18.2 Å². The summed E-state index contributed by atoms with van der Waals surface area (Å²) < 4.78 is 31.6. The summed E-state index contributed by atoms with van der Waals surface area (Å²) in [6.07, 6.45) is 5.22. The van der Waals surface area contributed by atoms with Gasteiger partial charge in [-0.2, -0.15) is 0 Å². The van der Waals surface area contributed by atoms with E-state index in [-0.39, 0.29) is 13.2 Å². The monoisotopic (exact) mass is 297 g/mol. The second kappa shape index (κ2) is 9.46. The molecule has 116 valence electrons. The Hall–Kier alpha value is -1.48. The van der Waals surface area contributed by atoms with E-state index in [4.69, 9.17) is 11.2 Å². The minimum Gasteiger partial charge on any atom is -0.389 e. The van der Waals surface area contributed by atoms with Crippen molar-refractivity contribution in [1.29, 1.82) is 0 Å². The summed E-state index contributed by atoms with van der Waals surface area (Å²) in [7, 11) is 0. The Morgan fingerprint density at radius 3 is 2.81 bits per heavy atom. The van der Waals surface area contributed by atoms with Crippen LogP contribution < -0.4 is 0 Å². The van der Waals surface area contributed by atoms with Crippen LogP contribution in [0.5, 0.6) is 0 Å². The van der Waals surface area contributed by atoms with E-state index in [0.29, 0.717) is 25.2 Å². The molecule has 1 aromatic carbocycles. The summed E-state index contributed by atoms with van der Waals surface area (Å²) in [5.74, 6) is 1.15. The molecule has 5 heteroatoms. The standard InChI is InChI=1S/C16H21F2NO2/c1-3-7-19(11-15(20)12-21-8-4-2)10-13-5-6-14(17)9-16(13)18/h2,5-6,9,15,20H,3,7-8,10-12H2,1H3. The summed E-state index contributed by atoms with van der Waals surface area (Å²) in [5.41, 5.74) is 0.404. The van der Waals surface area contributed by atoms with Crippen LogP contribution in [0.1, 0.15) is 18.9 Å². The fourth-order valence-corrected chi connectivity index (χ4v) is 2.05. The van der Waals surface area contributed by atoms with E-state index in [1.165, 1.54) is 12.1 Å². The van der Waals surface area contributed by atoms with E-state index in [9.17, 15) is 13.9 Å². The molecule has 1 aromatic rings. The Bertz CT molecular complexity index is 474. The molecule has 1 unspecified atom stereocenters. The lowest BCUT2D eigenvalue weighted by molar-refractivity contribution is 0.0259. The van der Waals surface area contributed by atoms with Crippen LogP contribution >= 0.6 is 0 Å². The van der Waals surface area contributed by atoms with E-state index < -0.39 is 17.7 Å². The highest BCUT2D eigenvalue weighted by molar-refractivity contribution is 5.18. The molecular weight excluding hydrogens is 276 g/mol. The van der Waals surface area contributed by atoms with Gasteiger partial charge in [0, 0.05) is 24.7 Å². The van der Waals surface area contributed by atoms with E-state index in [1.54, 1.807) is 0 Å². The number of aliphatic hydroxyl groups excluding tert-OH is 1. The maximum absolute atomic E-state index is 13.7. The number of ether oxygens (including phenoxy) is 1. The molecule has 0 saturated carbocycles. The molecule has 0 aromatic heterocycles. The summed E-state index contributed by atoms with van der Waals surface area (Å²) in [4.78, 5) is 1.90. The van der Waals surface area contributed by atoms with Gasteiger partial charge >= 0.3 is 0 Å². The van der Waals surface area contributed by atoms with Gasteiger partial charge in [0.2, 0.25) is 0 Å². The molecule has 1 atom stereocenters. The van der Waals surface area contributed by atoms with Crippen LogP contribution in [0.2, 0.25) is 0 Å². The molecule has 21 heavy (non-hydrogen) atoms. The molecule has 0 spiro atoms. The van der Waals surface area contributed by atoms with Crippen molar-refractivity contribution in [3.8, 4) is 12.3 Å². The van der Waals surface area contributed by atoms with Gasteiger partial charge in [-0.1, -0.05) is 18.9 Å². The highest BCUT2D eigenvalue weighted by atomic mass is 19.1. The third-order valence-electron chi connectivity index (χ3n) is 2.91. The quantitative estimate of drug-likeness (QED) is 0.560. The molecule has 0 aliphatic rings. The van der Waals surface area contributed by atoms with Crippen LogP contribution in [0, 0.1) is 24.0 Å². The van der Waals surface area contributed by atoms with E-state index in [0.717, 1.165) is 12.5 Å². The fourth-order valence-electron chi connectivity index (χ4n) is 2.05. The Labute approximate surface area is 124 Å². The predicted octanol–water partition coefficient (Wildman–Crippen LogP) is 2.19. The van der Waals surface area contributed by atoms with Crippen molar-refractivity contribution in [1.82, 2.24) is 4.90 Å². The highest BCUT2D eigenvalue weighted by Crippen LogP contribution is 2.13. The maximum atomic E-state index is 13.7. The normalized spacial score (nSPS) is 12.4. The van der Waals surface area contributed by atoms with E-state index in [2.05, 4.69) is 5.92 Å². The van der Waals surface area contributed by atoms with Gasteiger partial charge < -0.3 is 9.84 Å². The lowest BCUT2D eigenvalue weighted by Gasteiger charge is -2.24. The molecule has 0 bridgehead atoms. The first-order valence-corrected chi connectivity index (χ1v) is 6.92. The Balaban J connectivity index is 2.58. The largest absolute Gasteiger partial charge is 0.389 e. The minimum absolute atomic E-state index is 0.135. The number of hydrogen-bond acceptors (Lipinski definition) is 3. The number of terminal acetylenes is 1. The van der Waals surface area contributed by atoms with Crippen molar-refractivity contribution in [2.45, 2.75) is 26.0 Å². The molecule has 0 radical (unpaired) electrons. The number of aliphatic hydroxyl groups is 1. The molecule has 1 rings (SSSR count). The third kappa shape index (κ3) is 6.67. The van der Waals surface area contributed by atoms with Crippen LogP contribution in [0.25, 0.3) is 0 Å². The van der Waals surface area contributed by atoms with Crippen molar-refractivity contribution >= 4 is 0 Å². The van der Waals surface area contributed by atoms with Crippen molar-refractivity contribution in [2.24, 2.45) is 0 Å². The second-order valence-electron chi connectivity index (χ2n) is 4.84. The molecular formula is C16H21F2NO2. The fraction of sp³-hybridized carbons (Fsp3) is 0.500. The predicted molar refractivity (Wildman–Crippen MR) is 77.6 cm³/mol. The molecule has 0 aliphatic heterocycles. The van der Waals surface area contributed by atoms with Crippen molar-refractivity contribution in [2.75, 3.05) is 26.3 Å². The average Bonchev–Trinajstić information content (AvgIpc) is 2.42. The van der Waals surface area contributed by atoms with E-state index >= 15 is 0 Å². The first-order chi connectivity index (χ1) is 10.1. The molecule has 3 nitrogen and oxygen atoms in total. The van der Waals surface area contributed by atoms with Gasteiger partial charge in [0.05, 0.1) is 12.7 Å². The highest BCUT2D eigenvalue weighted by Gasteiger charge is 2.14. The Morgan fingerprint density at radius 2 is 2.19 bits per heavy atom. The molecule has 0 saturated heterocycles. The van der Waals surface area contributed by atoms with Crippen LogP contribution in [0.15, 0.2) is 18.2 Å². The zero-order chi connectivity index (χ0) is 15.7. The molecule has 0 heterocycles. The molecule has 0 aliphatic carbocycles. The number of benzene rings is 1. The van der Waals surface area contributed by atoms with Crippen LogP contribution in [0.3, 0.4) is 0 Å². The lowest BCUT2D eigenvalue weighted by Crippen LogP contribution is -2.35. The van der Waals surface area contributed by atoms with Crippen molar-refractivity contribution < 1.29 is 18.6 Å². The molecule has 0 amide bonds. The van der Waals surface area contributed by atoms with Crippen LogP contribution in [-0.4, -0.2) is 42.4 Å². The van der Waals surface area contributed by atoms with Gasteiger partial charge in [-0.3, -0.25) is 4.90 Å². The summed E-state index contributed by atoms with van der Waals surface area (Å²) >= 11 is 0. The smallest absolute Gasteiger partial charge is 0.130 e. The molecule has 1 N–H and O–H groups in total. The first kappa shape index (κ1) is 17.6. The zero-order valence-electron chi connectivity index (χ0n) is 12.2. The van der Waals surface area contributed by atoms with Gasteiger partial charge in [0.25, 0.3) is 0 Å². The number of hydrogen-bond donors (Lipinski definition) is 1. The first-order valence-electron chi connectivity index (χ1n) is 6.92. The topological polar surface area (TPSA) is 32.7 Å². The summed E-state index contributed by atoms with van der Waals surface area (Å²) in [6.45, 7) is 3.63. The van der Waals surface area contributed by atoms with Gasteiger partial charge in [-0.25, -0.2) is 8.78 Å². The van der Waals surface area contributed by atoms with Gasteiger partial charge in [-0.05, 0) is 19.0 Å². The molecule has 0 fully saturated rings. The minimum atomic E-state index is -0.701. The Morgan fingerprint density at radius 1 is 1.43 bits per heavy atom. The van der Waals surface area contributed by atoms with Gasteiger partial charge in [-0.15, -0.1) is 6.42 Å². The Kier molecular flexibility index (Phi) is 7.91. The summed E-state index contributed by atoms with van der Waals surface area (Å²) in [5, 5.41) is 9.88. The van der Waals surface area contributed by atoms with E-state index in [1.807, 2.05) is 11.8 Å². The zero-order valence-corrected chi connectivity index (χ0v) is 12.2.